The molecule has 0 amide bonds. The van der Waals surface area contributed by atoms with Gasteiger partial charge in [0.05, 0.1) is 17.1 Å². The second-order valence-electron chi connectivity index (χ2n) is 9.28. The Morgan fingerprint density at radius 3 is 2.73 bits per heavy atom. The van der Waals surface area contributed by atoms with E-state index in [1.54, 1.807) is 25.1 Å². The number of H-pyrrole nitrogens is 1. The summed E-state index contributed by atoms with van der Waals surface area (Å²) in [7, 11) is 0. The van der Waals surface area contributed by atoms with E-state index in [4.69, 9.17) is 16.0 Å². The van der Waals surface area contributed by atoms with E-state index in [0.29, 0.717) is 50.2 Å². The van der Waals surface area contributed by atoms with E-state index in [1.165, 1.54) is 29.6 Å². The van der Waals surface area contributed by atoms with Crippen molar-refractivity contribution in [2.75, 3.05) is 5.32 Å². The number of pyridine rings is 1. The Balaban J connectivity index is 1.54. The number of aryl methyl sites for hydroxylation is 1. The van der Waals surface area contributed by atoms with Crippen LogP contribution in [0.4, 0.5) is 10.1 Å². The summed E-state index contributed by atoms with van der Waals surface area (Å²) in [4.78, 5) is 22.3. The Bertz CT molecular complexity index is 1700. The van der Waals surface area contributed by atoms with Crippen LogP contribution in [0.2, 0.25) is 5.15 Å². The van der Waals surface area contributed by atoms with Gasteiger partial charge in [-0.1, -0.05) is 11.6 Å². The first-order valence-corrected chi connectivity index (χ1v) is 12.5. The van der Waals surface area contributed by atoms with Crippen LogP contribution >= 0.6 is 11.6 Å². The molecule has 6 rings (SSSR count). The van der Waals surface area contributed by atoms with Crippen molar-refractivity contribution in [3.05, 3.63) is 92.2 Å². The smallest absolute Gasteiger partial charge is 0.196 e. The van der Waals surface area contributed by atoms with Crippen molar-refractivity contribution in [2.45, 2.75) is 39.2 Å². The number of aromatic nitrogens is 4. The molecule has 5 aromatic rings. The molecule has 3 aromatic heterocycles. The maximum Gasteiger partial charge on any atom is 0.196 e. The standard InChI is InChI=1S/C28H23ClFN5O2/c1-14-25(36)20-12-17-4-3-5-19(17)23(27(20)37-26(14)16-6-8-18(30)9-7-16)15(2)33-21-10-11-22(29)34-24(21)28-31-13-32-35-28/h6-13,15,33H,3-5H2,1-2H3,(H,31,32,35). The fourth-order valence-corrected chi connectivity index (χ4v) is 5.36. The Morgan fingerprint density at radius 1 is 1.16 bits per heavy atom. The molecule has 2 N–H and O–H groups in total. The summed E-state index contributed by atoms with van der Waals surface area (Å²) in [5, 5.41) is 11.2. The van der Waals surface area contributed by atoms with Gasteiger partial charge < -0.3 is 9.73 Å². The molecular weight excluding hydrogens is 493 g/mol. The molecule has 0 bridgehead atoms. The molecule has 3 heterocycles. The molecule has 186 valence electrons. The summed E-state index contributed by atoms with van der Waals surface area (Å²) in [6.45, 7) is 3.78. The number of nitrogens with one attached hydrogen (secondary N) is 2. The Labute approximate surface area is 216 Å². The monoisotopic (exact) mass is 515 g/mol. The SMILES string of the molecule is Cc1c(-c2ccc(F)cc2)oc2c(C(C)Nc3ccc(Cl)nc3-c3ncn[nH]3)c3c(cc2c1=O)CCC3. The Morgan fingerprint density at radius 2 is 1.97 bits per heavy atom. The van der Waals surface area contributed by atoms with E-state index in [-0.39, 0.29) is 17.3 Å². The molecule has 1 aliphatic rings. The average molecular weight is 516 g/mol. The van der Waals surface area contributed by atoms with E-state index in [9.17, 15) is 9.18 Å². The minimum absolute atomic E-state index is 0.0840. The first-order valence-electron chi connectivity index (χ1n) is 12.1. The number of halogens is 2. The largest absolute Gasteiger partial charge is 0.455 e. The molecule has 1 unspecified atom stereocenters. The zero-order chi connectivity index (χ0) is 25.7. The van der Waals surface area contributed by atoms with Crippen LogP contribution in [0.1, 0.15) is 41.6 Å². The summed E-state index contributed by atoms with van der Waals surface area (Å²) in [5.41, 5.74) is 6.15. The van der Waals surface area contributed by atoms with E-state index < -0.39 is 0 Å². The number of nitrogens with zero attached hydrogens (tertiary/aromatic N) is 3. The van der Waals surface area contributed by atoms with Gasteiger partial charge in [0.2, 0.25) is 0 Å². The number of hydrogen-bond donors (Lipinski definition) is 2. The zero-order valence-corrected chi connectivity index (χ0v) is 21.0. The first kappa shape index (κ1) is 23.4. The van der Waals surface area contributed by atoms with Gasteiger partial charge in [0.15, 0.2) is 11.3 Å². The number of hydrogen-bond acceptors (Lipinski definition) is 6. The summed E-state index contributed by atoms with van der Waals surface area (Å²) < 4.78 is 20.1. The highest BCUT2D eigenvalue weighted by molar-refractivity contribution is 6.29. The quantitative estimate of drug-likeness (QED) is 0.263. The normalized spacial score (nSPS) is 13.6. The summed E-state index contributed by atoms with van der Waals surface area (Å²) >= 11 is 6.19. The van der Waals surface area contributed by atoms with Crippen LogP contribution in [0.3, 0.4) is 0 Å². The van der Waals surface area contributed by atoms with Gasteiger partial charge in [-0.05, 0) is 86.7 Å². The van der Waals surface area contributed by atoms with Crippen molar-refractivity contribution in [2.24, 2.45) is 0 Å². The molecule has 2 aromatic carbocycles. The molecule has 0 radical (unpaired) electrons. The summed E-state index contributed by atoms with van der Waals surface area (Å²) in [6, 6.07) is 11.3. The highest BCUT2D eigenvalue weighted by Gasteiger charge is 2.27. The van der Waals surface area contributed by atoms with Gasteiger partial charge in [0.1, 0.15) is 34.3 Å². The van der Waals surface area contributed by atoms with Crippen LogP contribution in [0, 0.1) is 12.7 Å². The summed E-state index contributed by atoms with van der Waals surface area (Å²) in [5.74, 6) is 0.584. The highest BCUT2D eigenvalue weighted by atomic mass is 35.5. The fourth-order valence-electron chi connectivity index (χ4n) is 5.21. The minimum atomic E-state index is -0.347. The third-order valence-electron chi connectivity index (χ3n) is 6.94. The second kappa shape index (κ2) is 9.12. The van der Waals surface area contributed by atoms with E-state index in [2.05, 4.69) is 25.5 Å². The molecule has 0 saturated heterocycles. The molecule has 0 fully saturated rings. The predicted octanol–water partition coefficient (Wildman–Crippen LogP) is 6.40. The van der Waals surface area contributed by atoms with Gasteiger partial charge in [-0.15, -0.1) is 0 Å². The summed E-state index contributed by atoms with van der Waals surface area (Å²) in [6.07, 6.45) is 4.23. The number of aromatic amines is 1. The second-order valence-corrected chi connectivity index (χ2v) is 9.67. The fraction of sp³-hybridized carbons (Fsp3) is 0.214. The number of benzene rings is 2. The van der Waals surface area contributed by atoms with Crippen LogP contribution in [-0.4, -0.2) is 20.2 Å². The minimum Gasteiger partial charge on any atom is -0.455 e. The van der Waals surface area contributed by atoms with Crippen LogP contribution < -0.4 is 10.7 Å². The van der Waals surface area contributed by atoms with Gasteiger partial charge >= 0.3 is 0 Å². The van der Waals surface area contributed by atoms with Gasteiger partial charge in [-0.3, -0.25) is 9.89 Å². The van der Waals surface area contributed by atoms with Crippen molar-refractivity contribution in [3.63, 3.8) is 0 Å². The van der Waals surface area contributed by atoms with Gasteiger partial charge in [-0.2, -0.15) is 5.10 Å². The van der Waals surface area contributed by atoms with Crippen LogP contribution in [-0.2, 0) is 12.8 Å². The molecule has 37 heavy (non-hydrogen) atoms. The van der Waals surface area contributed by atoms with Crippen LogP contribution in [0.25, 0.3) is 33.8 Å². The maximum atomic E-state index is 13.6. The van der Waals surface area contributed by atoms with Crippen molar-refractivity contribution in [3.8, 4) is 22.8 Å². The lowest BCUT2D eigenvalue weighted by Crippen LogP contribution is -2.15. The Hall–Kier alpha value is -4.04. The van der Waals surface area contributed by atoms with Gasteiger partial charge in [-0.25, -0.2) is 14.4 Å². The number of anilines is 1. The number of rotatable bonds is 5. The molecule has 7 nitrogen and oxygen atoms in total. The zero-order valence-electron chi connectivity index (χ0n) is 20.2. The lowest BCUT2D eigenvalue weighted by atomic mass is 9.93. The van der Waals surface area contributed by atoms with Crippen LogP contribution in [0.5, 0.6) is 0 Å². The lowest BCUT2D eigenvalue weighted by molar-refractivity contribution is 0.603. The van der Waals surface area contributed by atoms with Crippen molar-refractivity contribution >= 4 is 28.3 Å². The molecular formula is C28H23ClFN5O2. The molecule has 0 saturated carbocycles. The molecule has 1 aliphatic carbocycles. The average Bonchev–Trinajstić information content (AvgIpc) is 3.59. The molecule has 9 heteroatoms. The highest BCUT2D eigenvalue weighted by Crippen LogP contribution is 2.39. The third kappa shape index (κ3) is 4.07. The maximum absolute atomic E-state index is 13.6. The van der Waals surface area contributed by atoms with Gasteiger partial charge in [0, 0.05) is 16.7 Å². The van der Waals surface area contributed by atoms with E-state index >= 15 is 0 Å². The third-order valence-corrected chi connectivity index (χ3v) is 7.15. The Kier molecular flexibility index (Phi) is 5.76. The van der Waals surface area contributed by atoms with Crippen LogP contribution in [0.15, 0.2) is 58.0 Å². The van der Waals surface area contributed by atoms with Gasteiger partial charge in [0.25, 0.3) is 0 Å². The topological polar surface area (TPSA) is 96.7 Å². The number of fused-ring (bicyclic) bond motifs is 2. The van der Waals surface area contributed by atoms with E-state index in [0.717, 1.165) is 24.8 Å². The first-order chi connectivity index (χ1) is 17.9. The molecule has 0 aliphatic heterocycles. The predicted molar refractivity (Wildman–Crippen MR) is 141 cm³/mol. The lowest BCUT2D eigenvalue weighted by Gasteiger charge is -2.22. The van der Waals surface area contributed by atoms with Crippen molar-refractivity contribution in [1.29, 1.82) is 0 Å². The van der Waals surface area contributed by atoms with Crippen molar-refractivity contribution in [1.82, 2.24) is 20.2 Å². The molecule has 0 spiro atoms. The van der Waals surface area contributed by atoms with E-state index in [1.807, 2.05) is 19.1 Å². The molecule has 1 atom stereocenters. The van der Waals surface area contributed by atoms with Crippen molar-refractivity contribution < 1.29 is 8.81 Å².